The van der Waals surface area contributed by atoms with Gasteiger partial charge in [-0.15, -0.1) is 0 Å². The average molecular weight is 271 g/mol. The van der Waals surface area contributed by atoms with Crippen molar-refractivity contribution in [2.45, 2.75) is 32.1 Å². The zero-order valence-corrected chi connectivity index (χ0v) is 10.8. The molecule has 1 aliphatic carbocycles. The fourth-order valence-electron chi connectivity index (χ4n) is 2.28. The van der Waals surface area contributed by atoms with E-state index in [0.717, 1.165) is 18.9 Å². The standard InChI is InChI=1S/C13H16ClFN2O/c14-12-11(15)6-10(8-16-12)13(18)17-7-9-4-2-1-3-5-9/h6,8-9H,1-5,7H2,(H,17,18). The zero-order valence-electron chi connectivity index (χ0n) is 10.1. The summed E-state index contributed by atoms with van der Waals surface area (Å²) in [7, 11) is 0. The molecule has 1 amide bonds. The number of halogens is 2. The number of hydrogen-bond donors (Lipinski definition) is 1. The molecule has 1 fully saturated rings. The summed E-state index contributed by atoms with van der Waals surface area (Å²) in [6.45, 7) is 0.656. The summed E-state index contributed by atoms with van der Waals surface area (Å²) in [5.74, 6) is -0.404. The van der Waals surface area contributed by atoms with Gasteiger partial charge in [-0.25, -0.2) is 9.37 Å². The molecule has 2 rings (SSSR count). The number of pyridine rings is 1. The third kappa shape index (κ3) is 3.42. The Morgan fingerprint density at radius 1 is 1.44 bits per heavy atom. The third-order valence-corrected chi connectivity index (χ3v) is 3.61. The van der Waals surface area contributed by atoms with Crippen LogP contribution in [-0.4, -0.2) is 17.4 Å². The predicted molar refractivity (Wildman–Crippen MR) is 68.1 cm³/mol. The third-order valence-electron chi connectivity index (χ3n) is 3.33. The molecule has 98 valence electrons. The normalized spacial score (nSPS) is 16.6. The maximum atomic E-state index is 13.2. The fourth-order valence-corrected chi connectivity index (χ4v) is 2.38. The maximum absolute atomic E-state index is 13.2. The molecule has 1 N–H and O–H groups in total. The second kappa shape index (κ2) is 6.14. The van der Waals surface area contributed by atoms with Gasteiger partial charge in [0.05, 0.1) is 5.56 Å². The second-order valence-electron chi connectivity index (χ2n) is 4.71. The van der Waals surface area contributed by atoms with E-state index in [2.05, 4.69) is 10.3 Å². The summed E-state index contributed by atoms with van der Waals surface area (Å²) in [5, 5.41) is 2.62. The first-order valence-corrected chi connectivity index (χ1v) is 6.64. The molecule has 0 aromatic carbocycles. The van der Waals surface area contributed by atoms with Crippen molar-refractivity contribution in [3.05, 3.63) is 28.8 Å². The highest BCUT2D eigenvalue weighted by molar-refractivity contribution is 6.29. The van der Waals surface area contributed by atoms with E-state index in [4.69, 9.17) is 11.6 Å². The maximum Gasteiger partial charge on any atom is 0.252 e. The molecule has 0 spiro atoms. The number of hydrogen-bond acceptors (Lipinski definition) is 2. The molecule has 0 saturated heterocycles. The second-order valence-corrected chi connectivity index (χ2v) is 5.07. The van der Waals surface area contributed by atoms with E-state index in [1.807, 2.05) is 0 Å². The lowest BCUT2D eigenvalue weighted by atomic mass is 9.89. The van der Waals surface area contributed by atoms with Crippen LogP contribution in [0.15, 0.2) is 12.3 Å². The summed E-state index contributed by atoms with van der Waals surface area (Å²) in [5.41, 5.74) is 0.215. The van der Waals surface area contributed by atoms with Gasteiger partial charge in [-0.3, -0.25) is 4.79 Å². The Balaban J connectivity index is 1.88. The van der Waals surface area contributed by atoms with Crippen LogP contribution >= 0.6 is 11.6 Å². The van der Waals surface area contributed by atoms with Crippen LogP contribution in [0.4, 0.5) is 4.39 Å². The van der Waals surface area contributed by atoms with E-state index in [9.17, 15) is 9.18 Å². The molecule has 0 atom stereocenters. The summed E-state index contributed by atoms with van der Waals surface area (Å²) in [4.78, 5) is 15.4. The van der Waals surface area contributed by atoms with Crippen molar-refractivity contribution < 1.29 is 9.18 Å². The molecule has 3 nitrogen and oxygen atoms in total. The van der Waals surface area contributed by atoms with Gasteiger partial charge in [-0.1, -0.05) is 30.9 Å². The molecule has 18 heavy (non-hydrogen) atoms. The highest BCUT2D eigenvalue weighted by atomic mass is 35.5. The molecule has 0 radical (unpaired) electrons. The number of rotatable bonds is 3. The van der Waals surface area contributed by atoms with Gasteiger partial charge in [0.1, 0.15) is 0 Å². The molecule has 0 bridgehead atoms. The van der Waals surface area contributed by atoms with Crippen molar-refractivity contribution >= 4 is 17.5 Å². The van der Waals surface area contributed by atoms with Crippen molar-refractivity contribution in [2.75, 3.05) is 6.54 Å². The molecule has 0 aliphatic heterocycles. The van der Waals surface area contributed by atoms with Crippen molar-refractivity contribution in [2.24, 2.45) is 5.92 Å². The average Bonchev–Trinajstić information content (AvgIpc) is 2.40. The number of aromatic nitrogens is 1. The van der Waals surface area contributed by atoms with E-state index < -0.39 is 5.82 Å². The summed E-state index contributed by atoms with van der Waals surface area (Å²) in [6.07, 6.45) is 7.37. The topological polar surface area (TPSA) is 42.0 Å². The van der Waals surface area contributed by atoms with Gasteiger partial charge in [-0.2, -0.15) is 0 Å². The van der Waals surface area contributed by atoms with Crippen LogP contribution in [0.1, 0.15) is 42.5 Å². The Hall–Kier alpha value is -1.16. The van der Waals surface area contributed by atoms with Crippen LogP contribution in [-0.2, 0) is 0 Å². The highest BCUT2D eigenvalue weighted by Gasteiger charge is 2.15. The Bertz CT molecular complexity index is 433. The van der Waals surface area contributed by atoms with Gasteiger partial charge < -0.3 is 5.32 Å². The van der Waals surface area contributed by atoms with E-state index in [1.54, 1.807) is 0 Å². The number of carbonyl (C=O) groups excluding carboxylic acids is 1. The molecule has 5 heteroatoms. The lowest BCUT2D eigenvalue weighted by molar-refractivity contribution is 0.0942. The fraction of sp³-hybridized carbons (Fsp3) is 0.538. The van der Waals surface area contributed by atoms with E-state index >= 15 is 0 Å². The molecule has 1 saturated carbocycles. The molecule has 1 aromatic heterocycles. The van der Waals surface area contributed by atoms with Crippen LogP contribution in [0, 0.1) is 11.7 Å². The van der Waals surface area contributed by atoms with Crippen molar-refractivity contribution in [3.8, 4) is 0 Å². The molecular weight excluding hydrogens is 255 g/mol. The smallest absolute Gasteiger partial charge is 0.252 e. The largest absolute Gasteiger partial charge is 0.352 e. The van der Waals surface area contributed by atoms with Gasteiger partial charge in [0, 0.05) is 12.7 Å². The Morgan fingerprint density at radius 2 is 2.17 bits per heavy atom. The van der Waals surface area contributed by atoms with Crippen LogP contribution in [0.2, 0.25) is 5.15 Å². The van der Waals surface area contributed by atoms with Gasteiger partial charge in [0.15, 0.2) is 11.0 Å². The minimum atomic E-state index is -0.665. The monoisotopic (exact) mass is 270 g/mol. The Labute approximate surface area is 111 Å². The molecule has 0 unspecified atom stereocenters. The Morgan fingerprint density at radius 3 is 2.83 bits per heavy atom. The van der Waals surface area contributed by atoms with Crippen LogP contribution in [0.5, 0.6) is 0 Å². The highest BCUT2D eigenvalue weighted by Crippen LogP contribution is 2.22. The van der Waals surface area contributed by atoms with Crippen molar-refractivity contribution in [1.82, 2.24) is 10.3 Å². The van der Waals surface area contributed by atoms with Crippen LogP contribution < -0.4 is 5.32 Å². The first-order chi connectivity index (χ1) is 8.66. The minimum absolute atomic E-state index is 0.209. The lowest BCUT2D eigenvalue weighted by Gasteiger charge is -2.21. The van der Waals surface area contributed by atoms with E-state index in [0.29, 0.717) is 12.5 Å². The summed E-state index contributed by atoms with van der Waals surface area (Å²) in [6, 6.07) is 1.12. The first kappa shape index (κ1) is 13.3. The number of carbonyl (C=O) groups is 1. The first-order valence-electron chi connectivity index (χ1n) is 6.26. The van der Waals surface area contributed by atoms with E-state index in [-0.39, 0.29) is 16.6 Å². The zero-order chi connectivity index (χ0) is 13.0. The molecule has 1 aliphatic rings. The van der Waals surface area contributed by atoms with Gasteiger partial charge >= 0.3 is 0 Å². The summed E-state index contributed by atoms with van der Waals surface area (Å²) >= 11 is 5.47. The van der Waals surface area contributed by atoms with Crippen LogP contribution in [0.3, 0.4) is 0 Å². The predicted octanol–water partition coefficient (Wildman–Crippen LogP) is 3.18. The van der Waals surface area contributed by atoms with Crippen molar-refractivity contribution in [3.63, 3.8) is 0 Å². The molecule has 1 heterocycles. The minimum Gasteiger partial charge on any atom is -0.352 e. The van der Waals surface area contributed by atoms with Gasteiger partial charge in [0.2, 0.25) is 0 Å². The lowest BCUT2D eigenvalue weighted by Crippen LogP contribution is -2.30. The summed E-state index contributed by atoms with van der Waals surface area (Å²) < 4.78 is 13.2. The van der Waals surface area contributed by atoms with Gasteiger partial charge in [-0.05, 0) is 24.8 Å². The van der Waals surface area contributed by atoms with Crippen molar-refractivity contribution in [1.29, 1.82) is 0 Å². The number of nitrogens with zero attached hydrogens (tertiary/aromatic N) is 1. The van der Waals surface area contributed by atoms with Crippen LogP contribution in [0.25, 0.3) is 0 Å². The molecular formula is C13H16ClFN2O. The Kier molecular flexibility index (Phi) is 4.53. The van der Waals surface area contributed by atoms with Gasteiger partial charge in [0.25, 0.3) is 5.91 Å². The number of nitrogens with one attached hydrogen (secondary N) is 1. The quantitative estimate of drug-likeness (QED) is 0.857. The SMILES string of the molecule is O=C(NCC1CCCCC1)c1cnc(Cl)c(F)c1. The number of amides is 1. The molecule has 1 aromatic rings. The van der Waals surface area contributed by atoms with E-state index in [1.165, 1.54) is 25.5 Å².